The molecule has 0 spiro atoms. The molecule has 0 bridgehead atoms. The minimum Gasteiger partial charge on any atom is -0.495 e. The number of carbonyl (C=O) groups is 1. The average molecular weight is 420 g/mol. The standard InChI is InChI=1S/C19H25N5O2S2/c1-26-16-7-3-2-6-15(16)22-10-12-24(13-11-22)18-20-21-19(28-18)27-14-17(25)23-8-4-5-9-23/h2-3,6-7H,4-5,8-14H2,1H3. The van der Waals surface area contributed by atoms with Crippen LogP contribution in [-0.4, -0.2) is 73.1 Å². The van der Waals surface area contributed by atoms with Crippen molar-refractivity contribution in [2.24, 2.45) is 0 Å². The lowest BCUT2D eigenvalue weighted by Gasteiger charge is -2.36. The number of nitrogens with zero attached hydrogens (tertiary/aromatic N) is 5. The van der Waals surface area contributed by atoms with Crippen LogP contribution < -0.4 is 14.5 Å². The smallest absolute Gasteiger partial charge is 0.233 e. The molecule has 2 aliphatic rings. The van der Waals surface area contributed by atoms with Gasteiger partial charge in [-0.3, -0.25) is 4.79 Å². The van der Waals surface area contributed by atoms with Gasteiger partial charge in [-0.15, -0.1) is 10.2 Å². The maximum Gasteiger partial charge on any atom is 0.233 e. The highest BCUT2D eigenvalue weighted by atomic mass is 32.2. The predicted molar refractivity (Wildman–Crippen MR) is 114 cm³/mol. The molecule has 1 amide bonds. The van der Waals surface area contributed by atoms with E-state index in [1.807, 2.05) is 23.1 Å². The van der Waals surface area contributed by atoms with Gasteiger partial charge in [0.25, 0.3) is 0 Å². The first-order valence-electron chi connectivity index (χ1n) is 9.61. The molecule has 2 aliphatic heterocycles. The maximum atomic E-state index is 12.2. The third-order valence-electron chi connectivity index (χ3n) is 5.15. The van der Waals surface area contributed by atoms with Crippen molar-refractivity contribution in [1.82, 2.24) is 15.1 Å². The van der Waals surface area contributed by atoms with Gasteiger partial charge in [-0.05, 0) is 25.0 Å². The zero-order valence-electron chi connectivity index (χ0n) is 16.0. The molecule has 2 aromatic rings. The molecule has 0 radical (unpaired) electrons. The number of ether oxygens (including phenoxy) is 1. The van der Waals surface area contributed by atoms with Crippen LogP contribution in [0.4, 0.5) is 10.8 Å². The van der Waals surface area contributed by atoms with Crippen LogP contribution in [0, 0.1) is 0 Å². The predicted octanol–water partition coefficient (Wildman–Crippen LogP) is 2.59. The third kappa shape index (κ3) is 4.35. The summed E-state index contributed by atoms with van der Waals surface area (Å²) in [5.74, 6) is 1.58. The van der Waals surface area contributed by atoms with E-state index < -0.39 is 0 Å². The summed E-state index contributed by atoms with van der Waals surface area (Å²) in [6.45, 7) is 5.41. The lowest BCUT2D eigenvalue weighted by Crippen LogP contribution is -2.46. The number of methoxy groups -OCH3 is 1. The number of aromatic nitrogens is 2. The Kier molecular flexibility index (Phi) is 6.21. The fourth-order valence-electron chi connectivity index (χ4n) is 3.60. The number of piperazine rings is 1. The monoisotopic (exact) mass is 419 g/mol. The lowest BCUT2D eigenvalue weighted by atomic mass is 10.2. The SMILES string of the molecule is COc1ccccc1N1CCN(c2nnc(SCC(=O)N3CCCC3)s2)CC1. The summed E-state index contributed by atoms with van der Waals surface area (Å²) in [7, 11) is 1.71. The Morgan fingerprint density at radius 3 is 2.54 bits per heavy atom. The first-order valence-corrected chi connectivity index (χ1v) is 11.4. The number of carbonyl (C=O) groups excluding carboxylic acids is 1. The molecule has 2 saturated heterocycles. The van der Waals surface area contributed by atoms with Gasteiger partial charge < -0.3 is 19.4 Å². The Morgan fingerprint density at radius 2 is 1.79 bits per heavy atom. The number of likely N-dealkylation sites (tertiary alicyclic amines) is 1. The lowest BCUT2D eigenvalue weighted by molar-refractivity contribution is -0.127. The van der Waals surface area contributed by atoms with Crippen molar-refractivity contribution >= 4 is 39.8 Å². The molecule has 0 saturated carbocycles. The van der Waals surface area contributed by atoms with E-state index in [4.69, 9.17) is 4.74 Å². The van der Waals surface area contributed by atoms with Crippen LogP contribution in [0.2, 0.25) is 0 Å². The van der Waals surface area contributed by atoms with Crippen LogP contribution in [-0.2, 0) is 4.79 Å². The number of amides is 1. The van der Waals surface area contributed by atoms with Gasteiger partial charge >= 0.3 is 0 Å². The topological polar surface area (TPSA) is 61.8 Å². The van der Waals surface area contributed by atoms with Gasteiger partial charge in [-0.1, -0.05) is 35.2 Å². The minimum absolute atomic E-state index is 0.213. The Bertz CT molecular complexity index is 801. The summed E-state index contributed by atoms with van der Waals surface area (Å²) >= 11 is 3.08. The second kappa shape index (κ2) is 9.00. The quantitative estimate of drug-likeness (QED) is 0.667. The molecule has 4 rings (SSSR count). The Balaban J connectivity index is 1.30. The number of rotatable bonds is 6. The van der Waals surface area contributed by atoms with Crippen molar-refractivity contribution in [3.05, 3.63) is 24.3 Å². The highest BCUT2D eigenvalue weighted by Gasteiger charge is 2.23. The molecule has 9 heteroatoms. The molecule has 0 unspecified atom stereocenters. The zero-order valence-corrected chi connectivity index (χ0v) is 17.7. The molecule has 2 fully saturated rings. The van der Waals surface area contributed by atoms with E-state index in [1.165, 1.54) is 11.8 Å². The van der Waals surface area contributed by atoms with Gasteiger partial charge in [0.2, 0.25) is 11.0 Å². The molecular weight excluding hydrogens is 394 g/mol. The normalized spacial score (nSPS) is 17.2. The summed E-state index contributed by atoms with van der Waals surface area (Å²) in [5.41, 5.74) is 1.14. The highest BCUT2D eigenvalue weighted by Crippen LogP contribution is 2.32. The van der Waals surface area contributed by atoms with E-state index in [0.717, 1.165) is 73.0 Å². The molecule has 0 atom stereocenters. The number of para-hydroxylation sites is 2. The number of anilines is 2. The Hall–Kier alpha value is -2.00. The molecule has 1 aromatic heterocycles. The van der Waals surface area contributed by atoms with Crippen molar-refractivity contribution in [3.63, 3.8) is 0 Å². The molecule has 0 N–H and O–H groups in total. The molecule has 7 nitrogen and oxygen atoms in total. The van der Waals surface area contributed by atoms with Gasteiger partial charge in [-0.2, -0.15) is 0 Å². The van der Waals surface area contributed by atoms with Crippen molar-refractivity contribution in [3.8, 4) is 5.75 Å². The van der Waals surface area contributed by atoms with Crippen LogP contribution in [0.1, 0.15) is 12.8 Å². The second-order valence-corrected chi connectivity index (χ2v) is 9.05. The van der Waals surface area contributed by atoms with E-state index in [1.54, 1.807) is 18.4 Å². The van der Waals surface area contributed by atoms with Gasteiger partial charge in [0.15, 0.2) is 4.34 Å². The fourth-order valence-corrected chi connectivity index (χ4v) is 5.39. The van der Waals surface area contributed by atoms with Crippen molar-refractivity contribution in [1.29, 1.82) is 0 Å². The van der Waals surface area contributed by atoms with Gasteiger partial charge in [0, 0.05) is 39.3 Å². The molecule has 3 heterocycles. The molecule has 1 aromatic carbocycles. The van der Waals surface area contributed by atoms with E-state index >= 15 is 0 Å². The second-order valence-electron chi connectivity index (χ2n) is 6.87. The van der Waals surface area contributed by atoms with Crippen molar-refractivity contribution in [2.75, 3.05) is 61.9 Å². The molecule has 150 valence electrons. The highest BCUT2D eigenvalue weighted by molar-refractivity contribution is 8.01. The largest absolute Gasteiger partial charge is 0.495 e. The van der Waals surface area contributed by atoms with Gasteiger partial charge in [-0.25, -0.2) is 0 Å². The number of hydrogen-bond acceptors (Lipinski definition) is 8. The first-order chi connectivity index (χ1) is 13.7. The van der Waals surface area contributed by atoms with E-state index in [0.29, 0.717) is 5.75 Å². The van der Waals surface area contributed by atoms with Crippen LogP contribution >= 0.6 is 23.1 Å². The molecule has 0 aliphatic carbocycles. The summed E-state index contributed by atoms with van der Waals surface area (Å²) < 4.78 is 6.36. The minimum atomic E-state index is 0.213. The maximum absolute atomic E-state index is 12.2. The first kappa shape index (κ1) is 19.3. The average Bonchev–Trinajstić information content (AvgIpc) is 3.44. The Labute approximate surface area is 173 Å². The van der Waals surface area contributed by atoms with Crippen LogP contribution in [0.5, 0.6) is 5.75 Å². The summed E-state index contributed by atoms with van der Waals surface area (Å²) in [6, 6.07) is 8.14. The number of hydrogen-bond donors (Lipinski definition) is 0. The fraction of sp³-hybridized carbons (Fsp3) is 0.526. The summed E-state index contributed by atoms with van der Waals surface area (Å²) in [5, 5.41) is 9.57. The summed E-state index contributed by atoms with van der Waals surface area (Å²) in [6.07, 6.45) is 2.25. The zero-order chi connectivity index (χ0) is 19.3. The number of thioether (sulfide) groups is 1. The number of benzene rings is 1. The van der Waals surface area contributed by atoms with Crippen LogP contribution in [0.25, 0.3) is 0 Å². The Morgan fingerprint density at radius 1 is 1.07 bits per heavy atom. The van der Waals surface area contributed by atoms with Gasteiger partial charge in [0.05, 0.1) is 18.6 Å². The van der Waals surface area contributed by atoms with Gasteiger partial charge in [0.1, 0.15) is 5.75 Å². The molecule has 28 heavy (non-hydrogen) atoms. The third-order valence-corrected chi connectivity index (χ3v) is 7.25. The van der Waals surface area contributed by atoms with E-state index in [9.17, 15) is 4.79 Å². The van der Waals surface area contributed by atoms with Crippen LogP contribution in [0.3, 0.4) is 0 Å². The van der Waals surface area contributed by atoms with Crippen molar-refractivity contribution in [2.45, 2.75) is 17.2 Å². The van der Waals surface area contributed by atoms with E-state index in [2.05, 4.69) is 26.1 Å². The van der Waals surface area contributed by atoms with Crippen molar-refractivity contribution < 1.29 is 9.53 Å². The van der Waals surface area contributed by atoms with Crippen LogP contribution in [0.15, 0.2) is 28.6 Å². The molecular formula is C19H25N5O2S2. The summed E-state index contributed by atoms with van der Waals surface area (Å²) in [4.78, 5) is 18.8. The van der Waals surface area contributed by atoms with E-state index in [-0.39, 0.29) is 5.91 Å².